The van der Waals surface area contributed by atoms with E-state index in [1.54, 1.807) is 24.0 Å². The molecule has 0 aromatic heterocycles. The summed E-state index contributed by atoms with van der Waals surface area (Å²) in [5.41, 5.74) is 0.916. The van der Waals surface area contributed by atoms with Gasteiger partial charge < -0.3 is 24.6 Å². The number of cyclic esters (lactones) is 1. The molecule has 1 aromatic rings. The molecule has 1 saturated carbocycles. The maximum atomic E-state index is 14.9. The highest BCUT2D eigenvalue weighted by Crippen LogP contribution is 2.29. The number of rotatable bonds is 6. The lowest BCUT2D eigenvalue weighted by molar-refractivity contribution is 0.105. The van der Waals surface area contributed by atoms with Gasteiger partial charge in [-0.1, -0.05) is 18.6 Å². The van der Waals surface area contributed by atoms with Crippen molar-refractivity contribution in [1.82, 2.24) is 10.2 Å². The third kappa shape index (κ3) is 4.90. The average Bonchev–Trinajstić information content (AvgIpc) is 3.12. The third-order valence-corrected chi connectivity index (χ3v) is 6.72. The first-order valence-corrected chi connectivity index (χ1v) is 11.6. The number of piperazine rings is 1. The average molecular weight is 465 g/mol. The van der Waals surface area contributed by atoms with Crippen molar-refractivity contribution >= 4 is 40.8 Å². The standard InChI is InChI=1S/C22H29FN4O4S/c1-2-30-21(28)26-10-8-25(9-11-26)19-7-6-16(12-18(19)23)27-14-17(31-22(27)29)13-24-20(32)15-4-3-5-15/h6-7,12,15,17H,2-5,8-11,13-14H2,1H3,(H,24,32). The number of benzene rings is 1. The van der Waals surface area contributed by atoms with Gasteiger partial charge in [-0.15, -0.1) is 0 Å². The van der Waals surface area contributed by atoms with E-state index >= 15 is 0 Å². The van der Waals surface area contributed by atoms with Crippen LogP contribution in [-0.4, -0.2) is 74.1 Å². The Kier molecular flexibility index (Phi) is 6.98. The zero-order valence-electron chi connectivity index (χ0n) is 18.2. The van der Waals surface area contributed by atoms with Gasteiger partial charge in [-0.05, 0) is 38.0 Å². The van der Waals surface area contributed by atoms with E-state index in [0.717, 1.165) is 17.8 Å². The molecular formula is C22H29FN4O4S. The summed E-state index contributed by atoms with van der Waals surface area (Å²) >= 11 is 5.39. The van der Waals surface area contributed by atoms with Gasteiger partial charge in [-0.3, -0.25) is 4.90 Å². The van der Waals surface area contributed by atoms with Crippen LogP contribution in [0.15, 0.2) is 18.2 Å². The van der Waals surface area contributed by atoms with Gasteiger partial charge in [0.1, 0.15) is 11.9 Å². The minimum absolute atomic E-state index is 0.332. The van der Waals surface area contributed by atoms with Crippen LogP contribution in [0, 0.1) is 11.7 Å². The van der Waals surface area contributed by atoms with Crippen molar-refractivity contribution in [1.29, 1.82) is 0 Å². The second kappa shape index (κ2) is 9.89. The second-order valence-electron chi connectivity index (χ2n) is 8.30. The normalized spacial score (nSPS) is 21.2. The highest BCUT2D eigenvalue weighted by molar-refractivity contribution is 7.80. The Bertz CT molecular complexity index is 873. The first-order chi connectivity index (χ1) is 15.5. The summed E-state index contributed by atoms with van der Waals surface area (Å²) in [6.07, 6.45) is 2.29. The van der Waals surface area contributed by atoms with E-state index in [4.69, 9.17) is 21.7 Å². The summed E-state index contributed by atoms with van der Waals surface area (Å²) in [6, 6.07) is 4.77. The Morgan fingerprint density at radius 2 is 2.03 bits per heavy atom. The molecule has 0 radical (unpaired) electrons. The molecule has 4 rings (SSSR count). The quantitative estimate of drug-likeness (QED) is 0.649. The maximum absolute atomic E-state index is 14.9. The number of hydrogen-bond acceptors (Lipinski definition) is 6. The summed E-state index contributed by atoms with van der Waals surface area (Å²) in [6.45, 7) is 4.86. The fourth-order valence-electron chi connectivity index (χ4n) is 4.13. The molecule has 1 N–H and O–H groups in total. The van der Waals surface area contributed by atoms with Gasteiger partial charge >= 0.3 is 12.2 Å². The van der Waals surface area contributed by atoms with Gasteiger partial charge in [0.25, 0.3) is 0 Å². The van der Waals surface area contributed by atoms with E-state index in [1.807, 2.05) is 4.90 Å². The molecule has 2 aliphatic heterocycles. The summed E-state index contributed by atoms with van der Waals surface area (Å²) in [4.78, 5) is 30.0. The fourth-order valence-corrected chi connectivity index (χ4v) is 4.45. The van der Waals surface area contributed by atoms with Gasteiger partial charge in [0.15, 0.2) is 0 Å². The minimum Gasteiger partial charge on any atom is -0.450 e. The Morgan fingerprint density at radius 1 is 1.28 bits per heavy atom. The summed E-state index contributed by atoms with van der Waals surface area (Å²) in [5.74, 6) is 0.0339. The summed E-state index contributed by atoms with van der Waals surface area (Å²) in [5, 5.41) is 3.21. The number of hydrogen-bond donors (Lipinski definition) is 1. The van der Waals surface area contributed by atoms with Crippen molar-refractivity contribution in [2.45, 2.75) is 32.3 Å². The lowest BCUT2D eigenvalue weighted by atomic mass is 9.85. The molecule has 0 bridgehead atoms. The predicted octanol–water partition coefficient (Wildman–Crippen LogP) is 3.15. The molecule has 174 valence electrons. The molecule has 2 saturated heterocycles. The van der Waals surface area contributed by atoms with Crippen molar-refractivity contribution in [3.63, 3.8) is 0 Å². The van der Waals surface area contributed by atoms with E-state index < -0.39 is 11.9 Å². The number of thiocarbonyl (C=S) groups is 1. The van der Waals surface area contributed by atoms with Crippen LogP contribution in [-0.2, 0) is 9.47 Å². The highest BCUT2D eigenvalue weighted by Gasteiger charge is 2.34. The predicted molar refractivity (Wildman–Crippen MR) is 123 cm³/mol. The van der Waals surface area contributed by atoms with Crippen LogP contribution >= 0.6 is 12.2 Å². The fraction of sp³-hybridized carbons (Fsp3) is 0.591. The molecule has 3 aliphatic rings. The number of anilines is 2. The lowest BCUT2D eigenvalue weighted by Crippen LogP contribution is -2.49. The zero-order chi connectivity index (χ0) is 22.7. The van der Waals surface area contributed by atoms with Crippen molar-refractivity contribution in [3.8, 4) is 0 Å². The van der Waals surface area contributed by atoms with Crippen LogP contribution in [0.3, 0.4) is 0 Å². The number of carbonyl (C=O) groups excluding carboxylic acids is 2. The molecule has 8 nitrogen and oxygen atoms in total. The molecule has 2 amide bonds. The van der Waals surface area contributed by atoms with E-state index in [0.29, 0.717) is 63.2 Å². The molecule has 1 aliphatic carbocycles. The van der Waals surface area contributed by atoms with E-state index in [1.165, 1.54) is 17.4 Å². The smallest absolute Gasteiger partial charge is 0.414 e. The molecule has 10 heteroatoms. The number of ether oxygens (including phenoxy) is 2. The van der Waals surface area contributed by atoms with Crippen LogP contribution < -0.4 is 15.1 Å². The topological polar surface area (TPSA) is 74.3 Å². The van der Waals surface area contributed by atoms with Crippen LogP contribution in [0.1, 0.15) is 26.2 Å². The molecule has 1 atom stereocenters. The summed E-state index contributed by atoms with van der Waals surface area (Å²) < 4.78 is 25.4. The van der Waals surface area contributed by atoms with Gasteiger partial charge in [0.2, 0.25) is 0 Å². The van der Waals surface area contributed by atoms with Crippen LogP contribution in [0.5, 0.6) is 0 Å². The van der Waals surface area contributed by atoms with Gasteiger partial charge in [0.05, 0.1) is 36.1 Å². The molecule has 3 fully saturated rings. The van der Waals surface area contributed by atoms with Gasteiger partial charge in [-0.25, -0.2) is 14.0 Å². The number of carbonyl (C=O) groups is 2. The first-order valence-electron chi connectivity index (χ1n) is 11.2. The van der Waals surface area contributed by atoms with Crippen molar-refractivity contribution < 1.29 is 23.5 Å². The summed E-state index contributed by atoms with van der Waals surface area (Å²) in [7, 11) is 0. The van der Waals surface area contributed by atoms with Crippen molar-refractivity contribution in [2.75, 3.05) is 55.7 Å². The van der Waals surface area contributed by atoms with E-state index in [9.17, 15) is 14.0 Å². The Balaban J connectivity index is 1.32. The van der Waals surface area contributed by atoms with Crippen LogP contribution in [0.4, 0.5) is 25.4 Å². The van der Waals surface area contributed by atoms with E-state index in [-0.39, 0.29) is 12.2 Å². The van der Waals surface area contributed by atoms with Gasteiger partial charge in [0, 0.05) is 32.1 Å². The Morgan fingerprint density at radius 3 is 2.66 bits per heavy atom. The van der Waals surface area contributed by atoms with Crippen LogP contribution in [0.25, 0.3) is 0 Å². The van der Waals surface area contributed by atoms with E-state index in [2.05, 4.69) is 5.32 Å². The largest absolute Gasteiger partial charge is 0.450 e. The molecular weight excluding hydrogens is 435 g/mol. The maximum Gasteiger partial charge on any atom is 0.414 e. The monoisotopic (exact) mass is 464 g/mol. The van der Waals surface area contributed by atoms with Crippen molar-refractivity contribution in [2.24, 2.45) is 5.92 Å². The second-order valence-corrected chi connectivity index (χ2v) is 8.74. The highest BCUT2D eigenvalue weighted by atomic mass is 32.1. The number of nitrogens with zero attached hydrogens (tertiary/aromatic N) is 3. The number of amides is 2. The van der Waals surface area contributed by atoms with Crippen LogP contribution in [0.2, 0.25) is 0 Å². The molecule has 1 unspecified atom stereocenters. The zero-order valence-corrected chi connectivity index (χ0v) is 19.0. The third-order valence-electron chi connectivity index (χ3n) is 6.24. The molecule has 32 heavy (non-hydrogen) atoms. The number of halogens is 1. The van der Waals surface area contributed by atoms with Gasteiger partial charge in [-0.2, -0.15) is 0 Å². The molecule has 2 heterocycles. The minimum atomic E-state index is -0.485. The Labute approximate surface area is 192 Å². The number of nitrogens with one attached hydrogen (secondary N) is 1. The van der Waals surface area contributed by atoms with Crippen molar-refractivity contribution in [3.05, 3.63) is 24.0 Å². The Hall–Kier alpha value is -2.62. The lowest BCUT2D eigenvalue weighted by Gasteiger charge is -2.35. The molecule has 0 spiro atoms. The molecule has 1 aromatic carbocycles. The first kappa shape index (κ1) is 22.6. The SMILES string of the molecule is CCOC(=O)N1CCN(c2ccc(N3CC(CNC(=S)C4CCC4)OC3=O)cc2F)CC1.